The summed E-state index contributed by atoms with van der Waals surface area (Å²) in [6, 6.07) is 2.16. The topological polar surface area (TPSA) is 24.9 Å². The standard InChI is InChI=1S/C10H14N2/c1-7-5-8(2)12-10-3-4-11-6-9(7)10/h5,11H,3-4,6H2,1-2H3. The zero-order valence-electron chi connectivity index (χ0n) is 7.65. The fraction of sp³-hybridized carbons (Fsp3) is 0.500. The monoisotopic (exact) mass is 162 g/mol. The van der Waals surface area contributed by atoms with E-state index in [0.717, 1.165) is 25.2 Å². The van der Waals surface area contributed by atoms with Crippen LogP contribution in [0.5, 0.6) is 0 Å². The largest absolute Gasteiger partial charge is 0.312 e. The predicted octanol–water partition coefficient (Wildman–Crippen LogP) is 1.34. The summed E-state index contributed by atoms with van der Waals surface area (Å²) in [6.07, 6.45) is 1.08. The second-order valence-corrected chi connectivity index (χ2v) is 3.43. The van der Waals surface area contributed by atoms with Crippen LogP contribution in [-0.2, 0) is 13.0 Å². The van der Waals surface area contributed by atoms with Crippen LogP contribution in [-0.4, -0.2) is 11.5 Å². The van der Waals surface area contributed by atoms with Gasteiger partial charge in [-0.3, -0.25) is 4.98 Å². The first kappa shape index (κ1) is 7.74. The van der Waals surface area contributed by atoms with Crippen LogP contribution in [0.4, 0.5) is 0 Å². The molecule has 0 spiro atoms. The van der Waals surface area contributed by atoms with Gasteiger partial charge in [-0.15, -0.1) is 0 Å². The molecule has 0 aliphatic carbocycles. The number of aromatic nitrogens is 1. The molecule has 0 unspecified atom stereocenters. The fourth-order valence-electron chi connectivity index (χ4n) is 1.81. The molecular formula is C10H14N2. The third kappa shape index (κ3) is 1.23. The minimum Gasteiger partial charge on any atom is -0.312 e. The van der Waals surface area contributed by atoms with Gasteiger partial charge >= 0.3 is 0 Å². The molecule has 2 rings (SSSR count). The van der Waals surface area contributed by atoms with E-state index in [1.807, 2.05) is 0 Å². The van der Waals surface area contributed by atoms with Crippen LogP contribution in [0.1, 0.15) is 22.5 Å². The first-order chi connectivity index (χ1) is 5.77. The molecule has 1 aromatic rings. The van der Waals surface area contributed by atoms with Crippen molar-refractivity contribution in [2.24, 2.45) is 0 Å². The number of hydrogen-bond acceptors (Lipinski definition) is 2. The number of fused-ring (bicyclic) bond motifs is 1. The normalized spacial score (nSPS) is 15.8. The average Bonchev–Trinajstić information content (AvgIpc) is 2.04. The molecule has 0 saturated carbocycles. The third-order valence-electron chi connectivity index (χ3n) is 2.40. The number of nitrogens with one attached hydrogen (secondary N) is 1. The Morgan fingerprint density at radius 2 is 2.25 bits per heavy atom. The lowest BCUT2D eigenvalue weighted by Crippen LogP contribution is -2.25. The molecular weight excluding hydrogens is 148 g/mol. The lowest BCUT2D eigenvalue weighted by Gasteiger charge is -2.18. The van der Waals surface area contributed by atoms with Crippen LogP contribution in [0.3, 0.4) is 0 Å². The van der Waals surface area contributed by atoms with E-state index >= 15 is 0 Å². The first-order valence-electron chi connectivity index (χ1n) is 4.44. The van der Waals surface area contributed by atoms with Crippen LogP contribution in [0.2, 0.25) is 0 Å². The minimum atomic E-state index is 0.994. The molecule has 0 atom stereocenters. The Balaban J connectivity index is 2.53. The molecule has 0 radical (unpaired) electrons. The summed E-state index contributed by atoms with van der Waals surface area (Å²) in [6.45, 7) is 6.30. The zero-order chi connectivity index (χ0) is 8.55. The van der Waals surface area contributed by atoms with Crippen LogP contribution in [0, 0.1) is 13.8 Å². The van der Waals surface area contributed by atoms with Crippen molar-refractivity contribution in [3.05, 3.63) is 28.6 Å². The highest BCUT2D eigenvalue weighted by Crippen LogP contribution is 2.16. The SMILES string of the molecule is Cc1cc(C)c2c(n1)CCNC2. The Kier molecular flexibility index (Phi) is 1.85. The van der Waals surface area contributed by atoms with Gasteiger partial charge in [-0.2, -0.15) is 0 Å². The third-order valence-corrected chi connectivity index (χ3v) is 2.40. The van der Waals surface area contributed by atoms with Crippen LogP contribution in [0.15, 0.2) is 6.07 Å². The number of nitrogens with zero attached hydrogens (tertiary/aromatic N) is 1. The van der Waals surface area contributed by atoms with Crippen LogP contribution < -0.4 is 5.32 Å². The Bertz CT molecular complexity index is 305. The van der Waals surface area contributed by atoms with Crippen molar-refractivity contribution in [3.63, 3.8) is 0 Å². The molecule has 1 aromatic heterocycles. The van der Waals surface area contributed by atoms with Gasteiger partial charge in [-0.1, -0.05) is 0 Å². The van der Waals surface area contributed by atoms with E-state index in [9.17, 15) is 0 Å². The Morgan fingerprint density at radius 3 is 3.08 bits per heavy atom. The van der Waals surface area contributed by atoms with E-state index in [1.165, 1.54) is 16.8 Å². The van der Waals surface area contributed by atoms with Gasteiger partial charge in [0.05, 0.1) is 0 Å². The van der Waals surface area contributed by atoms with Crippen molar-refractivity contribution < 1.29 is 0 Å². The van der Waals surface area contributed by atoms with Gasteiger partial charge < -0.3 is 5.32 Å². The van der Waals surface area contributed by atoms with Crippen LogP contribution in [0.25, 0.3) is 0 Å². The highest BCUT2D eigenvalue weighted by Gasteiger charge is 2.11. The molecule has 0 bridgehead atoms. The van der Waals surface area contributed by atoms with Crippen molar-refractivity contribution in [2.45, 2.75) is 26.8 Å². The quantitative estimate of drug-likeness (QED) is 0.622. The minimum absolute atomic E-state index is 0.994. The molecule has 2 nitrogen and oxygen atoms in total. The number of pyridine rings is 1. The molecule has 0 aromatic carbocycles. The van der Waals surface area contributed by atoms with Gasteiger partial charge in [0.15, 0.2) is 0 Å². The molecule has 1 aliphatic heterocycles. The molecule has 1 aliphatic rings. The highest BCUT2D eigenvalue weighted by atomic mass is 14.9. The van der Waals surface area contributed by atoms with Gasteiger partial charge in [-0.25, -0.2) is 0 Å². The lowest BCUT2D eigenvalue weighted by molar-refractivity contribution is 0.625. The maximum Gasteiger partial charge on any atom is 0.0467 e. The number of rotatable bonds is 0. The maximum absolute atomic E-state index is 4.53. The number of aryl methyl sites for hydroxylation is 2. The summed E-state index contributed by atoms with van der Waals surface area (Å²) in [5, 5.41) is 3.36. The molecule has 2 heteroatoms. The van der Waals surface area contributed by atoms with Gasteiger partial charge in [0, 0.05) is 30.9 Å². The van der Waals surface area contributed by atoms with E-state index in [0.29, 0.717) is 0 Å². The summed E-state index contributed by atoms with van der Waals surface area (Å²) in [4.78, 5) is 4.53. The van der Waals surface area contributed by atoms with Crippen molar-refractivity contribution in [1.82, 2.24) is 10.3 Å². The van der Waals surface area contributed by atoms with Crippen LogP contribution >= 0.6 is 0 Å². The maximum atomic E-state index is 4.53. The lowest BCUT2D eigenvalue weighted by atomic mass is 10.0. The van der Waals surface area contributed by atoms with Gasteiger partial charge in [-0.05, 0) is 31.0 Å². The molecule has 2 heterocycles. The average molecular weight is 162 g/mol. The van der Waals surface area contributed by atoms with E-state index in [-0.39, 0.29) is 0 Å². The van der Waals surface area contributed by atoms with E-state index < -0.39 is 0 Å². The molecule has 0 amide bonds. The van der Waals surface area contributed by atoms with Gasteiger partial charge in [0.25, 0.3) is 0 Å². The summed E-state index contributed by atoms with van der Waals surface area (Å²) < 4.78 is 0. The van der Waals surface area contributed by atoms with Crippen molar-refractivity contribution >= 4 is 0 Å². The smallest absolute Gasteiger partial charge is 0.0467 e. The molecule has 1 N–H and O–H groups in total. The highest BCUT2D eigenvalue weighted by molar-refractivity contribution is 5.33. The second-order valence-electron chi connectivity index (χ2n) is 3.43. The Labute approximate surface area is 73.0 Å². The van der Waals surface area contributed by atoms with Crippen molar-refractivity contribution in [3.8, 4) is 0 Å². The molecule has 0 saturated heterocycles. The summed E-state index contributed by atoms with van der Waals surface area (Å²) >= 11 is 0. The van der Waals surface area contributed by atoms with Crippen molar-refractivity contribution in [1.29, 1.82) is 0 Å². The van der Waals surface area contributed by atoms with Gasteiger partial charge in [0.1, 0.15) is 0 Å². The number of hydrogen-bond donors (Lipinski definition) is 1. The fourth-order valence-corrected chi connectivity index (χ4v) is 1.81. The van der Waals surface area contributed by atoms with E-state index in [2.05, 4.69) is 30.2 Å². The second kappa shape index (κ2) is 2.87. The summed E-state index contributed by atoms with van der Waals surface area (Å²) in [5.74, 6) is 0. The molecule has 0 fully saturated rings. The van der Waals surface area contributed by atoms with E-state index in [1.54, 1.807) is 0 Å². The predicted molar refractivity (Wildman–Crippen MR) is 49.1 cm³/mol. The zero-order valence-corrected chi connectivity index (χ0v) is 7.65. The van der Waals surface area contributed by atoms with Crippen molar-refractivity contribution in [2.75, 3.05) is 6.54 Å². The summed E-state index contributed by atoms with van der Waals surface area (Å²) in [7, 11) is 0. The van der Waals surface area contributed by atoms with Gasteiger partial charge in [0.2, 0.25) is 0 Å². The molecule has 64 valence electrons. The summed E-state index contributed by atoms with van der Waals surface area (Å²) in [5.41, 5.74) is 5.23. The Hall–Kier alpha value is -0.890. The molecule has 12 heavy (non-hydrogen) atoms. The first-order valence-corrected chi connectivity index (χ1v) is 4.44. The Morgan fingerprint density at radius 1 is 1.42 bits per heavy atom. The van der Waals surface area contributed by atoms with E-state index in [4.69, 9.17) is 0 Å².